The number of nitrogens with one attached hydrogen (secondary N) is 1. The quantitative estimate of drug-likeness (QED) is 0.863. The normalized spacial score (nSPS) is 37.2. The number of hydrogen-bond acceptors (Lipinski definition) is 3. The van der Waals surface area contributed by atoms with Crippen LogP contribution in [-0.2, 0) is 0 Å². The fraction of sp³-hybridized carbons (Fsp3) is 0.667. The maximum atomic E-state index is 3.82. The summed E-state index contributed by atoms with van der Waals surface area (Å²) in [4.78, 5) is 0. The summed E-state index contributed by atoms with van der Waals surface area (Å²) in [5, 5.41) is 6.18. The van der Waals surface area contributed by atoms with Gasteiger partial charge in [0.2, 0.25) is 0 Å². The molecule has 0 aromatic heterocycles. The summed E-state index contributed by atoms with van der Waals surface area (Å²) in [6.45, 7) is 8.12. The average molecular weight is 322 g/mol. The lowest BCUT2D eigenvalue weighted by molar-refractivity contribution is 0.464. The monoisotopic (exact) mass is 321 g/mol. The predicted molar refractivity (Wildman–Crippen MR) is 97.5 cm³/mol. The van der Waals surface area contributed by atoms with E-state index in [9.17, 15) is 0 Å². The van der Waals surface area contributed by atoms with Crippen LogP contribution in [0.3, 0.4) is 0 Å². The Hall–Kier alpha value is -0.120. The van der Waals surface area contributed by atoms with Gasteiger partial charge in [0.15, 0.2) is 0 Å². The molecule has 0 spiro atoms. The van der Waals surface area contributed by atoms with E-state index in [2.05, 4.69) is 79.9 Å². The van der Waals surface area contributed by atoms with E-state index in [-0.39, 0.29) is 0 Å². The van der Waals surface area contributed by atoms with Crippen LogP contribution < -0.4 is 5.32 Å². The fourth-order valence-electron chi connectivity index (χ4n) is 3.49. The van der Waals surface area contributed by atoms with Crippen LogP contribution in [0.1, 0.15) is 38.7 Å². The summed E-state index contributed by atoms with van der Waals surface area (Å²) >= 11 is 4.39. The second-order valence-corrected chi connectivity index (χ2v) is 9.45. The summed E-state index contributed by atoms with van der Waals surface area (Å²) in [7, 11) is 0. The standard InChI is InChI=1S/C18H27NS2/c1-4-19-18(17-11-20-12(2)13(3)21-17)16-10-15(16)14-8-6-5-7-9-14/h5-9,12-13,15-19H,4,10-11H2,1-3H3. The Morgan fingerprint density at radius 3 is 2.62 bits per heavy atom. The maximum absolute atomic E-state index is 3.82. The van der Waals surface area contributed by atoms with Crippen molar-refractivity contribution in [3.8, 4) is 0 Å². The number of rotatable bonds is 5. The van der Waals surface area contributed by atoms with Crippen LogP contribution in [0.2, 0.25) is 0 Å². The van der Waals surface area contributed by atoms with Gasteiger partial charge < -0.3 is 5.32 Å². The van der Waals surface area contributed by atoms with Gasteiger partial charge >= 0.3 is 0 Å². The van der Waals surface area contributed by atoms with Crippen molar-refractivity contribution in [2.75, 3.05) is 12.3 Å². The summed E-state index contributed by atoms with van der Waals surface area (Å²) in [5.74, 6) is 2.94. The molecule has 6 atom stereocenters. The van der Waals surface area contributed by atoms with Gasteiger partial charge in [-0.05, 0) is 30.4 Å². The van der Waals surface area contributed by atoms with E-state index in [1.54, 1.807) is 5.56 Å². The molecule has 1 N–H and O–H groups in total. The molecule has 1 heterocycles. The Bertz CT molecular complexity index is 450. The van der Waals surface area contributed by atoms with Gasteiger partial charge in [0.25, 0.3) is 0 Å². The number of thioether (sulfide) groups is 2. The number of hydrogen-bond donors (Lipinski definition) is 1. The van der Waals surface area contributed by atoms with Crippen LogP contribution >= 0.6 is 23.5 Å². The van der Waals surface area contributed by atoms with E-state index >= 15 is 0 Å². The molecule has 116 valence electrons. The van der Waals surface area contributed by atoms with E-state index < -0.39 is 0 Å². The van der Waals surface area contributed by atoms with Crippen LogP contribution in [0, 0.1) is 5.92 Å². The van der Waals surface area contributed by atoms with Crippen LogP contribution in [-0.4, -0.2) is 34.1 Å². The molecule has 0 radical (unpaired) electrons. The third-order valence-electron chi connectivity index (χ3n) is 4.94. The zero-order chi connectivity index (χ0) is 14.8. The van der Waals surface area contributed by atoms with Gasteiger partial charge in [0, 0.05) is 27.5 Å². The Morgan fingerprint density at radius 2 is 1.95 bits per heavy atom. The molecule has 1 saturated carbocycles. The highest BCUT2D eigenvalue weighted by molar-refractivity contribution is 8.07. The van der Waals surface area contributed by atoms with Gasteiger partial charge in [-0.3, -0.25) is 0 Å². The largest absolute Gasteiger partial charge is 0.313 e. The summed E-state index contributed by atoms with van der Waals surface area (Å²) in [6.07, 6.45) is 1.37. The molecule has 0 amide bonds. The van der Waals surface area contributed by atoms with E-state index in [0.29, 0.717) is 6.04 Å². The summed E-state index contributed by atoms with van der Waals surface area (Å²) < 4.78 is 0. The number of benzene rings is 1. The Kier molecular flexibility index (Phi) is 5.23. The molecule has 1 aliphatic carbocycles. The fourth-order valence-corrected chi connectivity index (χ4v) is 6.68. The molecule has 3 heteroatoms. The van der Waals surface area contributed by atoms with Gasteiger partial charge in [-0.2, -0.15) is 23.5 Å². The Morgan fingerprint density at radius 1 is 1.19 bits per heavy atom. The topological polar surface area (TPSA) is 12.0 Å². The predicted octanol–water partition coefficient (Wildman–Crippen LogP) is 4.39. The van der Waals surface area contributed by atoms with E-state index in [1.807, 2.05) is 0 Å². The van der Waals surface area contributed by atoms with Crippen molar-refractivity contribution in [1.82, 2.24) is 5.32 Å². The first-order valence-electron chi connectivity index (χ1n) is 8.26. The van der Waals surface area contributed by atoms with Gasteiger partial charge in [-0.15, -0.1) is 0 Å². The molecule has 2 fully saturated rings. The minimum atomic E-state index is 0.688. The Labute approximate surface area is 138 Å². The summed E-state index contributed by atoms with van der Waals surface area (Å²) in [6, 6.07) is 11.8. The van der Waals surface area contributed by atoms with E-state index in [4.69, 9.17) is 0 Å². The van der Waals surface area contributed by atoms with Gasteiger partial charge in [0.05, 0.1) is 0 Å². The first-order valence-corrected chi connectivity index (χ1v) is 10.2. The molecule has 3 rings (SSSR count). The lowest BCUT2D eigenvalue weighted by Crippen LogP contribution is -2.45. The highest BCUT2D eigenvalue weighted by atomic mass is 32.2. The highest BCUT2D eigenvalue weighted by Crippen LogP contribution is 2.52. The molecule has 1 aromatic rings. The molecular weight excluding hydrogens is 294 g/mol. The van der Waals surface area contributed by atoms with Gasteiger partial charge in [-0.25, -0.2) is 0 Å². The van der Waals surface area contributed by atoms with E-state index in [1.165, 1.54) is 12.2 Å². The van der Waals surface area contributed by atoms with Crippen molar-refractivity contribution in [3.05, 3.63) is 35.9 Å². The van der Waals surface area contributed by atoms with E-state index in [0.717, 1.165) is 34.1 Å². The molecule has 21 heavy (non-hydrogen) atoms. The molecule has 1 nitrogen and oxygen atoms in total. The summed E-state index contributed by atoms with van der Waals surface area (Å²) in [5.41, 5.74) is 1.54. The second-order valence-electron chi connectivity index (χ2n) is 6.42. The van der Waals surface area contributed by atoms with Crippen molar-refractivity contribution in [2.24, 2.45) is 5.92 Å². The van der Waals surface area contributed by atoms with Crippen LogP contribution in [0.15, 0.2) is 30.3 Å². The maximum Gasteiger partial charge on any atom is 0.0297 e. The molecule has 6 unspecified atom stereocenters. The minimum Gasteiger partial charge on any atom is -0.313 e. The first-order chi connectivity index (χ1) is 10.2. The zero-order valence-corrected chi connectivity index (χ0v) is 14.9. The van der Waals surface area contributed by atoms with Crippen molar-refractivity contribution in [2.45, 2.75) is 54.9 Å². The molecule has 0 bridgehead atoms. The molecule has 1 aliphatic heterocycles. The third-order valence-corrected chi connectivity index (χ3v) is 8.46. The van der Waals surface area contributed by atoms with Crippen molar-refractivity contribution in [3.63, 3.8) is 0 Å². The van der Waals surface area contributed by atoms with Gasteiger partial charge in [0.1, 0.15) is 0 Å². The molecule has 1 saturated heterocycles. The average Bonchev–Trinajstić information content (AvgIpc) is 3.29. The zero-order valence-electron chi connectivity index (χ0n) is 13.3. The Balaban J connectivity index is 1.66. The van der Waals surface area contributed by atoms with Crippen molar-refractivity contribution < 1.29 is 0 Å². The molecule has 2 aliphatic rings. The first kappa shape index (κ1) is 15.8. The SMILES string of the molecule is CCNC(C1CSC(C)C(C)S1)C1CC1c1ccccc1. The molecule has 1 aromatic carbocycles. The van der Waals surface area contributed by atoms with Crippen LogP contribution in [0.25, 0.3) is 0 Å². The van der Waals surface area contributed by atoms with Crippen molar-refractivity contribution >= 4 is 23.5 Å². The smallest absolute Gasteiger partial charge is 0.0297 e. The van der Waals surface area contributed by atoms with Crippen LogP contribution in [0.4, 0.5) is 0 Å². The van der Waals surface area contributed by atoms with Gasteiger partial charge in [-0.1, -0.05) is 51.1 Å². The van der Waals surface area contributed by atoms with Crippen molar-refractivity contribution in [1.29, 1.82) is 0 Å². The minimum absolute atomic E-state index is 0.688. The lowest BCUT2D eigenvalue weighted by Gasteiger charge is -2.36. The lowest BCUT2D eigenvalue weighted by atomic mass is 10.0. The third kappa shape index (κ3) is 3.62. The molecular formula is C18H27NS2. The second kappa shape index (κ2) is 6.97. The van der Waals surface area contributed by atoms with Crippen LogP contribution in [0.5, 0.6) is 0 Å². The highest BCUT2D eigenvalue weighted by Gasteiger charge is 2.47.